The lowest BCUT2D eigenvalue weighted by molar-refractivity contribution is 0.432. The van der Waals surface area contributed by atoms with Gasteiger partial charge >= 0.3 is 0 Å². The minimum Gasteiger partial charge on any atom is -0.508 e. The van der Waals surface area contributed by atoms with Crippen LogP contribution in [0.5, 0.6) is 11.5 Å². The monoisotopic (exact) mass is 358 g/mol. The number of aromatic hydroxyl groups is 2. The minimum atomic E-state index is 0.196. The number of hydrogen-bond donors (Lipinski definition) is 4. The van der Waals surface area contributed by atoms with Gasteiger partial charge in [-0.3, -0.25) is 0 Å². The molecule has 1 aliphatic rings. The highest BCUT2D eigenvalue weighted by Gasteiger charge is 2.17. The molecule has 1 aromatic heterocycles. The molecule has 27 heavy (non-hydrogen) atoms. The van der Waals surface area contributed by atoms with Crippen LogP contribution in [-0.2, 0) is 0 Å². The number of rotatable bonds is 3. The summed E-state index contributed by atoms with van der Waals surface area (Å²) in [6.45, 7) is 0. The van der Waals surface area contributed by atoms with Crippen LogP contribution in [0.3, 0.4) is 0 Å². The summed E-state index contributed by atoms with van der Waals surface area (Å²) in [7, 11) is 0. The van der Waals surface area contributed by atoms with E-state index in [1.54, 1.807) is 48.6 Å². The van der Waals surface area contributed by atoms with Crippen molar-refractivity contribution in [3.05, 3.63) is 84.3 Å². The first-order valence-electron chi connectivity index (χ1n) is 8.56. The lowest BCUT2D eigenvalue weighted by Crippen LogP contribution is -1.88. The van der Waals surface area contributed by atoms with Crippen LogP contribution in [0.15, 0.2) is 78.6 Å². The molecule has 0 bridgehead atoms. The second-order valence-corrected chi connectivity index (χ2v) is 6.29. The highest BCUT2D eigenvalue weighted by Crippen LogP contribution is 2.33. The summed E-state index contributed by atoms with van der Waals surface area (Å²) in [5.41, 5.74) is 4.30. The molecule has 1 heterocycles. The van der Waals surface area contributed by atoms with E-state index in [1.807, 2.05) is 24.3 Å². The first kappa shape index (κ1) is 16.7. The molecule has 134 valence electrons. The van der Waals surface area contributed by atoms with E-state index in [2.05, 4.69) is 4.98 Å². The number of imidazole rings is 1. The number of allylic oxidation sites excluding steroid dienone is 5. The summed E-state index contributed by atoms with van der Waals surface area (Å²) in [6.07, 6.45) is 7.69. The topological polar surface area (TPSA) is 89.4 Å². The fraction of sp³-hybridized carbons (Fsp3) is 0.0455. The SMILES string of the molecule is OC1=CC=C(c2nc(-c3ccc(O)cc3)[nH]c2-c2ccc(O)cc2)CC=C1. The number of phenolic OH excluding ortho intramolecular Hbond substituents is 2. The molecule has 4 rings (SSSR count). The highest BCUT2D eigenvalue weighted by molar-refractivity contribution is 5.81. The van der Waals surface area contributed by atoms with Crippen molar-refractivity contribution in [2.24, 2.45) is 0 Å². The third-order valence-corrected chi connectivity index (χ3v) is 4.39. The zero-order valence-corrected chi connectivity index (χ0v) is 14.4. The molecule has 0 radical (unpaired) electrons. The van der Waals surface area contributed by atoms with Crippen LogP contribution in [0, 0.1) is 0 Å². The highest BCUT2D eigenvalue weighted by atomic mass is 16.3. The predicted octanol–water partition coefficient (Wildman–Crippen LogP) is 4.94. The summed E-state index contributed by atoms with van der Waals surface area (Å²) < 4.78 is 0. The van der Waals surface area contributed by atoms with Gasteiger partial charge in [0.25, 0.3) is 0 Å². The molecule has 0 unspecified atom stereocenters. The Bertz CT molecular complexity index is 1060. The lowest BCUT2D eigenvalue weighted by atomic mass is 10.0. The van der Waals surface area contributed by atoms with Crippen molar-refractivity contribution in [3.63, 3.8) is 0 Å². The van der Waals surface area contributed by atoms with Gasteiger partial charge in [-0.05, 0) is 72.7 Å². The Kier molecular flexibility index (Phi) is 4.26. The van der Waals surface area contributed by atoms with E-state index in [1.165, 1.54) is 0 Å². The van der Waals surface area contributed by atoms with E-state index in [4.69, 9.17) is 4.98 Å². The number of nitrogens with one attached hydrogen (secondary N) is 1. The Hall–Kier alpha value is -3.73. The molecular weight excluding hydrogens is 340 g/mol. The maximum absolute atomic E-state index is 9.73. The van der Waals surface area contributed by atoms with Gasteiger partial charge in [0.1, 0.15) is 23.1 Å². The van der Waals surface area contributed by atoms with E-state index in [0.717, 1.165) is 28.1 Å². The third-order valence-electron chi connectivity index (χ3n) is 4.39. The second-order valence-electron chi connectivity index (χ2n) is 6.29. The number of hydrogen-bond acceptors (Lipinski definition) is 4. The summed E-state index contributed by atoms with van der Waals surface area (Å²) in [5, 5.41) is 28.8. The van der Waals surface area contributed by atoms with Crippen molar-refractivity contribution in [2.75, 3.05) is 0 Å². The average molecular weight is 358 g/mol. The molecule has 0 saturated heterocycles. The Morgan fingerprint density at radius 3 is 2.07 bits per heavy atom. The quantitative estimate of drug-likeness (QED) is 0.534. The summed E-state index contributed by atoms with van der Waals surface area (Å²) in [5.74, 6) is 1.27. The van der Waals surface area contributed by atoms with Gasteiger partial charge < -0.3 is 20.3 Å². The number of nitrogens with zero attached hydrogens (tertiary/aromatic N) is 1. The van der Waals surface area contributed by atoms with E-state index in [0.29, 0.717) is 12.2 Å². The van der Waals surface area contributed by atoms with Gasteiger partial charge in [-0.2, -0.15) is 0 Å². The van der Waals surface area contributed by atoms with Gasteiger partial charge in [-0.15, -0.1) is 0 Å². The van der Waals surface area contributed by atoms with E-state index >= 15 is 0 Å². The molecule has 0 amide bonds. The van der Waals surface area contributed by atoms with Gasteiger partial charge in [-0.1, -0.05) is 12.2 Å². The van der Waals surface area contributed by atoms with Gasteiger partial charge in [0.05, 0.1) is 11.4 Å². The van der Waals surface area contributed by atoms with Crippen molar-refractivity contribution in [3.8, 4) is 34.1 Å². The Labute approximate surface area is 156 Å². The van der Waals surface area contributed by atoms with Crippen LogP contribution in [0.2, 0.25) is 0 Å². The molecule has 4 N–H and O–H groups in total. The Morgan fingerprint density at radius 2 is 1.41 bits per heavy atom. The summed E-state index contributed by atoms with van der Waals surface area (Å²) in [4.78, 5) is 8.15. The van der Waals surface area contributed by atoms with Gasteiger partial charge in [-0.25, -0.2) is 4.98 Å². The van der Waals surface area contributed by atoms with Crippen LogP contribution in [0.4, 0.5) is 0 Å². The van der Waals surface area contributed by atoms with Crippen LogP contribution in [-0.4, -0.2) is 25.3 Å². The van der Waals surface area contributed by atoms with Crippen LogP contribution in [0.1, 0.15) is 12.1 Å². The first-order chi connectivity index (χ1) is 13.1. The van der Waals surface area contributed by atoms with Crippen molar-refractivity contribution < 1.29 is 15.3 Å². The average Bonchev–Trinajstić information content (AvgIpc) is 2.99. The van der Waals surface area contributed by atoms with Gasteiger partial charge in [0.2, 0.25) is 0 Å². The fourth-order valence-electron chi connectivity index (χ4n) is 2.99. The van der Waals surface area contributed by atoms with Crippen molar-refractivity contribution in [1.82, 2.24) is 9.97 Å². The Balaban J connectivity index is 1.86. The van der Waals surface area contributed by atoms with E-state index in [9.17, 15) is 15.3 Å². The fourth-order valence-corrected chi connectivity index (χ4v) is 2.99. The number of aliphatic hydroxyl groups excluding tert-OH is 1. The molecule has 5 heteroatoms. The third kappa shape index (κ3) is 3.48. The lowest BCUT2D eigenvalue weighted by Gasteiger charge is -2.05. The summed E-state index contributed by atoms with van der Waals surface area (Å²) >= 11 is 0. The normalized spacial score (nSPS) is 13.8. The maximum atomic E-state index is 9.73. The molecule has 0 saturated carbocycles. The number of aliphatic hydroxyl groups is 1. The predicted molar refractivity (Wildman–Crippen MR) is 105 cm³/mol. The number of H-pyrrole nitrogens is 1. The molecule has 5 nitrogen and oxygen atoms in total. The van der Waals surface area contributed by atoms with Gasteiger partial charge in [0.15, 0.2) is 0 Å². The van der Waals surface area contributed by atoms with Crippen LogP contribution < -0.4 is 0 Å². The van der Waals surface area contributed by atoms with Crippen molar-refractivity contribution in [2.45, 2.75) is 6.42 Å². The zero-order valence-electron chi connectivity index (χ0n) is 14.4. The largest absolute Gasteiger partial charge is 0.508 e. The van der Waals surface area contributed by atoms with Crippen molar-refractivity contribution >= 4 is 5.57 Å². The second kappa shape index (κ2) is 6.88. The van der Waals surface area contributed by atoms with Gasteiger partial charge in [0, 0.05) is 11.1 Å². The van der Waals surface area contributed by atoms with Crippen molar-refractivity contribution in [1.29, 1.82) is 0 Å². The van der Waals surface area contributed by atoms with Crippen LogP contribution in [0.25, 0.3) is 28.2 Å². The zero-order chi connectivity index (χ0) is 18.8. The molecule has 0 fully saturated rings. The number of phenols is 2. The van der Waals surface area contributed by atoms with E-state index < -0.39 is 0 Å². The molecule has 0 spiro atoms. The first-order valence-corrected chi connectivity index (χ1v) is 8.56. The van der Waals surface area contributed by atoms with E-state index in [-0.39, 0.29) is 17.3 Å². The molecule has 0 atom stereocenters. The van der Waals surface area contributed by atoms with Crippen LogP contribution >= 0.6 is 0 Å². The minimum absolute atomic E-state index is 0.196. The molecule has 0 aliphatic heterocycles. The maximum Gasteiger partial charge on any atom is 0.138 e. The number of benzene rings is 2. The number of aromatic nitrogens is 2. The number of aromatic amines is 1. The summed E-state index contributed by atoms with van der Waals surface area (Å²) in [6, 6.07) is 13.7. The molecule has 1 aliphatic carbocycles. The smallest absolute Gasteiger partial charge is 0.138 e. The molecular formula is C22H18N2O3. The molecule has 3 aromatic rings. The Morgan fingerprint density at radius 1 is 0.778 bits per heavy atom. The molecule has 2 aromatic carbocycles. The standard InChI is InChI=1S/C22H18N2O3/c25-17-3-1-2-14(4-9-17)20-21(15-5-10-18(26)11-6-15)24-22(23-20)16-7-12-19(27)13-8-16/h1,3-13,25-27H,2H2,(H,23,24).